The number of ether oxygens (including phenoxy) is 1. The molecule has 4 rings (SSSR count). The number of carbonyl (C=O) groups excluding carboxylic acids is 1. The van der Waals surface area contributed by atoms with Gasteiger partial charge in [0, 0.05) is 5.41 Å². The summed E-state index contributed by atoms with van der Waals surface area (Å²) in [6, 6.07) is 6.59. The molecule has 3 aliphatic carbocycles. The number of rotatable bonds is 1. The number of fused-ring (bicyclic) bond motifs is 5. The van der Waals surface area contributed by atoms with Crippen molar-refractivity contribution in [2.75, 3.05) is 7.11 Å². The highest BCUT2D eigenvalue weighted by molar-refractivity contribution is 9.10. The highest BCUT2D eigenvalue weighted by Gasteiger charge is 2.57. The molecular weight excluding hydrogens is 340 g/mol. The molecule has 2 nitrogen and oxygen atoms in total. The summed E-state index contributed by atoms with van der Waals surface area (Å²) in [4.78, 5) is 12.7. The van der Waals surface area contributed by atoms with Crippen LogP contribution in [0.2, 0.25) is 0 Å². The molecule has 1 aromatic rings. The van der Waals surface area contributed by atoms with Gasteiger partial charge < -0.3 is 4.74 Å². The number of hydrogen-bond donors (Lipinski definition) is 0. The molecule has 118 valence electrons. The Labute approximate surface area is 140 Å². The van der Waals surface area contributed by atoms with Crippen molar-refractivity contribution in [3.8, 4) is 5.75 Å². The van der Waals surface area contributed by atoms with Gasteiger partial charge in [-0.15, -0.1) is 0 Å². The second-order valence-corrected chi connectivity index (χ2v) is 8.61. The monoisotopic (exact) mass is 362 g/mol. The van der Waals surface area contributed by atoms with Crippen molar-refractivity contribution >= 4 is 21.7 Å². The Morgan fingerprint density at radius 3 is 2.91 bits per heavy atom. The largest absolute Gasteiger partial charge is 0.497 e. The number of halogens is 1. The minimum Gasteiger partial charge on any atom is -0.497 e. The first-order valence-electron chi connectivity index (χ1n) is 8.40. The first-order chi connectivity index (χ1) is 10.5. The fourth-order valence-electron chi connectivity index (χ4n) is 5.43. The van der Waals surface area contributed by atoms with Crippen LogP contribution >= 0.6 is 15.9 Å². The van der Waals surface area contributed by atoms with Crippen molar-refractivity contribution in [1.29, 1.82) is 0 Å². The van der Waals surface area contributed by atoms with E-state index in [1.165, 1.54) is 17.5 Å². The van der Waals surface area contributed by atoms with Crippen LogP contribution in [-0.4, -0.2) is 17.7 Å². The van der Waals surface area contributed by atoms with Crippen LogP contribution in [0.4, 0.5) is 0 Å². The molecule has 1 aromatic carbocycles. The lowest BCUT2D eigenvalue weighted by molar-refractivity contribution is -0.128. The van der Waals surface area contributed by atoms with E-state index in [2.05, 4.69) is 41.1 Å². The number of Topliss-reactive ketones (excluding diaryl/α,β-unsaturated/α-hetero) is 1. The molecule has 0 amide bonds. The molecule has 0 unspecified atom stereocenters. The Balaban J connectivity index is 1.70. The van der Waals surface area contributed by atoms with Gasteiger partial charge in [0.15, 0.2) is 5.78 Å². The van der Waals surface area contributed by atoms with E-state index in [-0.39, 0.29) is 10.2 Å². The summed E-state index contributed by atoms with van der Waals surface area (Å²) in [6.07, 6.45) is 5.58. The second-order valence-electron chi connectivity index (χ2n) is 7.50. The summed E-state index contributed by atoms with van der Waals surface area (Å²) in [6.45, 7) is 2.22. The van der Waals surface area contributed by atoms with E-state index in [9.17, 15) is 4.79 Å². The quantitative estimate of drug-likeness (QED) is 0.687. The zero-order valence-corrected chi connectivity index (χ0v) is 14.9. The van der Waals surface area contributed by atoms with E-state index in [4.69, 9.17) is 4.74 Å². The van der Waals surface area contributed by atoms with Gasteiger partial charge in [0.2, 0.25) is 0 Å². The minimum absolute atomic E-state index is 0.0820. The summed E-state index contributed by atoms with van der Waals surface area (Å²) in [5, 5.41) is 0. The van der Waals surface area contributed by atoms with Gasteiger partial charge in [-0.3, -0.25) is 4.79 Å². The lowest BCUT2D eigenvalue weighted by Crippen LogP contribution is -2.42. The molecule has 2 fully saturated rings. The van der Waals surface area contributed by atoms with Crippen LogP contribution < -0.4 is 4.74 Å². The lowest BCUT2D eigenvalue weighted by atomic mass is 9.55. The summed E-state index contributed by atoms with van der Waals surface area (Å²) in [5.41, 5.74) is 2.90. The number of methoxy groups -OCH3 is 1. The van der Waals surface area contributed by atoms with Crippen LogP contribution in [0.25, 0.3) is 0 Å². The minimum atomic E-state index is -0.0840. The smallest absolute Gasteiger partial charge is 0.152 e. The number of aryl methyl sites for hydroxylation is 1. The molecule has 0 aliphatic heterocycles. The van der Waals surface area contributed by atoms with Gasteiger partial charge in [0.1, 0.15) is 5.75 Å². The van der Waals surface area contributed by atoms with Crippen molar-refractivity contribution in [1.82, 2.24) is 0 Å². The molecule has 0 saturated heterocycles. The molecule has 3 aliphatic rings. The molecule has 0 N–H and O–H groups in total. The third kappa shape index (κ3) is 1.94. The predicted octanol–water partition coefficient (Wildman–Crippen LogP) is 4.49. The second kappa shape index (κ2) is 5.09. The molecule has 3 heteroatoms. The molecule has 0 radical (unpaired) electrons. The number of alkyl halides is 1. The molecule has 0 aromatic heterocycles. The van der Waals surface area contributed by atoms with Gasteiger partial charge in [-0.1, -0.05) is 28.9 Å². The summed E-state index contributed by atoms with van der Waals surface area (Å²) < 4.78 is 5.38. The summed E-state index contributed by atoms with van der Waals surface area (Å²) in [5.74, 6) is 3.29. The van der Waals surface area contributed by atoms with Gasteiger partial charge in [-0.25, -0.2) is 0 Å². The number of hydrogen-bond acceptors (Lipinski definition) is 2. The zero-order valence-electron chi connectivity index (χ0n) is 13.3. The Morgan fingerprint density at radius 2 is 2.14 bits per heavy atom. The average molecular weight is 363 g/mol. The lowest BCUT2D eigenvalue weighted by Gasteiger charge is -2.48. The topological polar surface area (TPSA) is 26.3 Å². The van der Waals surface area contributed by atoms with E-state index < -0.39 is 0 Å². The third-order valence-electron chi connectivity index (χ3n) is 6.63. The maximum Gasteiger partial charge on any atom is 0.152 e. The van der Waals surface area contributed by atoms with Crippen LogP contribution in [0.15, 0.2) is 18.2 Å². The number of carbonyl (C=O) groups is 1. The number of benzene rings is 1. The molecule has 0 heterocycles. The van der Waals surface area contributed by atoms with E-state index >= 15 is 0 Å². The normalized spacial score (nSPS) is 39.9. The molecule has 0 bridgehead atoms. The molecule has 22 heavy (non-hydrogen) atoms. The van der Waals surface area contributed by atoms with Crippen molar-refractivity contribution in [2.45, 2.75) is 49.8 Å². The van der Waals surface area contributed by atoms with Crippen LogP contribution in [0, 0.1) is 17.3 Å². The van der Waals surface area contributed by atoms with Crippen LogP contribution in [0.3, 0.4) is 0 Å². The SMILES string of the molecule is COc1ccc2c(c1)CC[C@@H]1[C@@H]2CC[C@@]2(C)C(=O)[C@H](Br)C[C@@H]12. The highest BCUT2D eigenvalue weighted by Crippen LogP contribution is 2.60. The highest BCUT2D eigenvalue weighted by atomic mass is 79.9. The third-order valence-corrected chi connectivity index (χ3v) is 7.42. The molecule has 2 saturated carbocycles. The van der Waals surface area contributed by atoms with E-state index in [0.717, 1.165) is 31.4 Å². The predicted molar refractivity (Wildman–Crippen MR) is 90.7 cm³/mol. The van der Waals surface area contributed by atoms with Crippen LogP contribution in [0.1, 0.15) is 49.7 Å². The maximum absolute atomic E-state index is 12.6. The zero-order chi connectivity index (χ0) is 15.5. The fourth-order valence-corrected chi connectivity index (χ4v) is 6.36. The van der Waals surface area contributed by atoms with E-state index in [1.54, 1.807) is 7.11 Å². The van der Waals surface area contributed by atoms with Gasteiger partial charge in [0.25, 0.3) is 0 Å². The van der Waals surface area contributed by atoms with Crippen LogP contribution in [-0.2, 0) is 11.2 Å². The molecular formula is C19H23BrO2. The van der Waals surface area contributed by atoms with Crippen molar-refractivity contribution in [3.05, 3.63) is 29.3 Å². The Hall–Kier alpha value is -0.830. The Bertz CT molecular complexity index is 626. The van der Waals surface area contributed by atoms with Gasteiger partial charge in [-0.05, 0) is 73.1 Å². The Morgan fingerprint density at radius 1 is 1.32 bits per heavy atom. The first kappa shape index (κ1) is 14.7. The maximum atomic E-state index is 12.6. The molecule has 5 atom stereocenters. The van der Waals surface area contributed by atoms with Crippen molar-refractivity contribution < 1.29 is 9.53 Å². The van der Waals surface area contributed by atoms with Crippen LogP contribution in [0.5, 0.6) is 5.75 Å². The van der Waals surface area contributed by atoms with Gasteiger partial charge in [0.05, 0.1) is 11.9 Å². The van der Waals surface area contributed by atoms with Crippen molar-refractivity contribution in [2.24, 2.45) is 17.3 Å². The van der Waals surface area contributed by atoms with Crippen molar-refractivity contribution in [3.63, 3.8) is 0 Å². The fraction of sp³-hybridized carbons (Fsp3) is 0.632. The Kier molecular flexibility index (Phi) is 3.41. The number of ketones is 1. The molecule has 0 spiro atoms. The van der Waals surface area contributed by atoms with E-state index in [1.807, 2.05) is 0 Å². The summed E-state index contributed by atoms with van der Waals surface area (Å²) in [7, 11) is 1.74. The summed E-state index contributed by atoms with van der Waals surface area (Å²) >= 11 is 3.63. The standard InChI is InChI=1S/C19H23BrO2/c1-19-8-7-14-13-6-4-12(22-2)9-11(13)3-5-15(14)16(19)10-17(20)18(19)21/h4,6,9,14-17H,3,5,7-8,10H2,1-2H3/t14-,15-,16+,17-,19-/m1/s1. The van der Waals surface area contributed by atoms with Gasteiger partial charge >= 0.3 is 0 Å². The van der Waals surface area contributed by atoms with E-state index in [0.29, 0.717) is 23.5 Å². The van der Waals surface area contributed by atoms with Gasteiger partial charge in [-0.2, -0.15) is 0 Å². The first-order valence-corrected chi connectivity index (χ1v) is 9.31. The average Bonchev–Trinajstić information content (AvgIpc) is 2.77.